The number of nitrogens with one attached hydrogen (secondary N) is 4. The molecule has 4 aromatic rings. The predicted molar refractivity (Wildman–Crippen MR) is 113 cm³/mol. The summed E-state index contributed by atoms with van der Waals surface area (Å²) in [6.07, 6.45) is 2.05. The number of amides is 3. The van der Waals surface area contributed by atoms with E-state index in [4.69, 9.17) is 4.42 Å². The van der Waals surface area contributed by atoms with Gasteiger partial charge in [0.25, 0.3) is 5.91 Å². The Hall–Kier alpha value is -4.07. The second-order valence-electron chi connectivity index (χ2n) is 6.69. The van der Waals surface area contributed by atoms with Crippen molar-refractivity contribution in [3.63, 3.8) is 0 Å². The van der Waals surface area contributed by atoms with E-state index < -0.39 is 0 Å². The van der Waals surface area contributed by atoms with Crippen molar-refractivity contribution < 1.29 is 14.0 Å². The van der Waals surface area contributed by atoms with Crippen molar-refractivity contribution in [2.24, 2.45) is 0 Å². The minimum atomic E-state index is -0.326. The Morgan fingerprint density at radius 3 is 2.73 bits per heavy atom. The van der Waals surface area contributed by atoms with E-state index in [-0.39, 0.29) is 17.7 Å². The second-order valence-corrected chi connectivity index (χ2v) is 6.69. The van der Waals surface area contributed by atoms with Crippen LogP contribution in [0.5, 0.6) is 0 Å². The number of H-pyrrole nitrogens is 1. The number of rotatable bonds is 7. The Morgan fingerprint density at radius 1 is 1.00 bits per heavy atom. The zero-order valence-electron chi connectivity index (χ0n) is 16.1. The first-order valence-electron chi connectivity index (χ1n) is 9.56. The molecular formula is C22H21N5O3. The molecule has 0 saturated carbocycles. The molecule has 0 bridgehead atoms. The van der Waals surface area contributed by atoms with Crippen LogP contribution in [0.3, 0.4) is 0 Å². The number of carbonyl (C=O) groups excluding carboxylic acids is 2. The summed E-state index contributed by atoms with van der Waals surface area (Å²) >= 11 is 0. The van der Waals surface area contributed by atoms with Gasteiger partial charge in [-0.25, -0.2) is 9.78 Å². The van der Waals surface area contributed by atoms with Crippen LogP contribution >= 0.6 is 0 Å². The molecule has 0 saturated heterocycles. The highest BCUT2D eigenvalue weighted by molar-refractivity contribution is 6.02. The molecule has 2 aromatic heterocycles. The number of fused-ring (bicyclic) bond motifs is 1. The van der Waals surface area contributed by atoms with Crippen molar-refractivity contribution in [1.82, 2.24) is 20.6 Å². The van der Waals surface area contributed by atoms with Gasteiger partial charge in [0.1, 0.15) is 5.82 Å². The summed E-state index contributed by atoms with van der Waals surface area (Å²) in [5.74, 6) is 0.743. The first-order valence-corrected chi connectivity index (χ1v) is 9.56. The van der Waals surface area contributed by atoms with Crippen LogP contribution in [0.4, 0.5) is 10.5 Å². The molecule has 4 N–H and O–H groups in total. The number of benzene rings is 2. The van der Waals surface area contributed by atoms with Crippen LogP contribution < -0.4 is 16.0 Å². The summed E-state index contributed by atoms with van der Waals surface area (Å²) in [6.45, 7) is 0.797. The number of aromatic amines is 1. The van der Waals surface area contributed by atoms with E-state index in [1.165, 1.54) is 6.26 Å². The molecule has 0 spiro atoms. The number of carbonyl (C=O) groups is 2. The Labute approximate surface area is 172 Å². The first-order chi connectivity index (χ1) is 14.7. The van der Waals surface area contributed by atoms with Gasteiger partial charge in [-0.2, -0.15) is 0 Å². The molecule has 0 aliphatic heterocycles. The fraction of sp³-hybridized carbons (Fsp3) is 0.136. The van der Waals surface area contributed by atoms with Crippen LogP contribution in [0.25, 0.3) is 11.0 Å². The number of anilines is 1. The Balaban J connectivity index is 1.23. The van der Waals surface area contributed by atoms with Gasteiger partial charge < -0.3 is 25.4 Å². The zero-order valence-corrected chi connectivity index (χ0v) is 16.1. The van der Waals surface area contributed by atoms with Gasteiger partial charge in [-0.05, 0) is 42.0 Å². The molecular weight excluding hydrogens is 382 g/mol. The maximum atomic E-state index is 12.1. The molecule has 0 radical (unpaired) electrons. The van der Waals surface area contributed by atoms with Crippen LogP contribution in [-0.4, -0.2) is 28.5 Å². The van der Waals surface area contributed by atoms with Gasteiger partial charge >= 0.3 is 6.03 Å². The quantitative estimate of drug-likeness (QED) is 0.379. The highest BCUT2D eigenvalue weighted by atomic mass is 16.3. The summed E-state index contributed by atoms with van der Waals surface area (Å²) in [5, 5.41) is 8.39. The summed E-state index contributed by atoms with van der Waals surface area (Å²) < 4.78 is 5.08. The lowest BCUT2D eigenvalue weighted by molar-refractivity contribution is 0.0996. The third-order valence-corrected chi connectivity index (χ3v) is 4.47. The van der Waals surface area contributed by atoms with Crippen molar-refractivity contribution >= 4 is 28.7 Å². The number of imidazole rings is 1. The Kier molecular flexibility index (Phi) is 5.75. The van der Waals surface area contributed by atoms with Gasteiger partial charge in [0.15, 0.2) is 5.76 Å². The smallest absolute Gasteiger partial charge is 0.315 e. The van der Waals surface area contributed by atoms with Crippen molar-refractivity contribution in [3.05, 3.63) is 84.1 Å². The fourth-order valence-electron chi connectivity index (χ4n) is 3.02. The van der Waals surface area contributed by atoms with E-state index in [1.54, 1.807) is 24.3 Å². The average molecular weight is 403 g/mol. The second kappa shape index (κ2) is 8.95. The highest BCUT2D eigenvalue weighted by Crippen LogP contribution is 2.13. The highest BCUT2D eigenvalue weighted by Gasteiger charge is 2.09. The monoisotopic (exact) mass is 403 g/mol. The third-order valence-electron chi connectivity index (χ3n) is 4.47. The Bertz CT molecular complexity index is 1120. The van der Waals surface area contributed by atoms with Crippen LogP contribution in [0, 0.1) is 0 Å². The van der Waals surface area contributed by atoms with Crippen molar-refractivity contribution in [1.29, 1.82) is 0 Å². The summed E-state index contributed by atoms with van der Waals surface area (Å²) in [7, 11) is 0. The lowest BCUT2D eigenvalue weighted by Gasteiger charge is -2.09. The fourth-order valence-corrected chi connectivity index (χ4v) is 3.02. The minimum absolute atomic E-state index is 0.238. The average Bonchev–Trinajstić information content (AvgIpc) is 3.42. The van der Waals surface area contributed by atoms with E-state index in [0.29, 0.717) is 25.2 Å². The van der Waals surface area contributed by atoms with Crippen molar-refractivity contribution in [3.8, 4) is 0 Å². The Morgan fingerprint density at radius 2 is 1.90 bits per heavy atom. The van der Waals surface area contributed by atoms with Crippen molar-refractivity contribution in [2.75, 3.05) is 11.9 Å². The predicted octanol–water partition coefficient (Wildman–Crippen LogP) is 3.45. The third kappa shape index (κ3) is 4.85. The number of furan rings is 1. The molecule has 152 valence electrons. The molecule has 8 heteroatoms. The summed E-state index contributed by atoms with van der Waals surface area (Å²) in [4.78, 5) is 31.8. The van der Waals surface area contributed by atoms with Gasteiger partial charge in [-0.1, -0.05) is 24.3 Å². The van der Waals surface area contributed by atoms with Gasteiger partial charge in [0, 0.05) is 25.2 Å². The number of para-hydroxylation sites is 2. The lowest BCUT2D eigenvalue weighted by Crippen LogP contribution is -2.36. The van der Waals surface area contributed by atoms with E-state index in [1.807, 2.05) is 36.4 Å². The molecule has 0 fully saturated rings. The number of hydrogen-bond donors (Lipinski definition) is 4. The van der Waals surface area contributed by atoms with Crippen molar-refractivity contribution in [2.45, 2.75) is 13.0 Å². The van der Waals surface area contributed by atoms with Gasteiger partial charge in [-0.15, -0.1) is 0 Å². The molecule has 0 unspecified atom stereocenters. The topological polar surface area (TPSA) is 112 Å². The van der Waals surface area contributed by atoms with E-state index >= 15 is 0 Å². The standard InChI is InChI=1S/C22H21N5O3/c28-21(19-9-4-12-30-19)25-16-6-3-5-15(13-16)14-24-22(29)23-11-10-20-26-17-7-1-2-8-18(17)27-20/h1-9,12-13H,10-11,14H2,(H,25,28)(H,26,27)(H2,23,24,29). The zero-order chi connectivity index (χ0) is 20.8. The van der Waals surface area contributed by atoms with Crippen LogP contribution in [-0.2, 0) is 13.0 Å². The van der Waals surface area contributed by atoms with E-state index in [9.17, 15) is 9.59 Å². The molecule has 8 nitrogen and oxygen atoms in total. The molecule has 2 aromatic carbocycles. The molecule has 4 rings (SSSR count). The summed E-state index contributed by atoms with van der Waals surface area (Å²) in [6, 6.07) is 18.1. The van der Waals surface area contributed by atoms with E-state index in [0.717, 1.165) is 22.4 Å². The molecule has 30 heavy (non-hydrogen) atoms. The minimum Gasteiger partial charge on any atom is -0.459 e. The molecule has 0 atom stereocenters. The number of nitrogens with zero attached hydrogens (tertiary/aromatic N) is 1. The SMILES string of the molecule is O=C(NCCc1nc2ccccc2[nH]1)NCc1cccc(NC(=O)c2ccco2)c1. The molecule has 0 aliphatic rings. The maximum Gasteiger partial charge on any atom is 0.315 e. The van der Waals surface area contributed by atoms with Crippen LogP contribution in [0.2, 0.25) is 0 Å². The normalized spacial score (nSPS) is 10.7. The van der Waals surface area contributed by atoms with Gasteiger partial charge in [-0.3, -0.25) is 4.79 Å². The van der Waals surface area contributed by atoms with Gasteiger partial charge in [0.2, 0.25) is 0 Å². The maximum absolute atomic E-state index is 12.1. The number of urea groups is 1. The lowest BCUT2D eigenvalue weighted by atomic mass is 10.2. The molecule has 2 heterocycles. The molecule has 3 amide bonds. The van der Waals surface area contributed by atoms with Crippen LogP contribution in [0.1, 0.15) is 21.9 Å². The number of aromatic nitrogens is 2. The van der Waals surface area contributed by atoms with Crippen LogP contribution in [0.15, 0.2) is 71.3 Å². The van der Waals surface area contributed by atoms with Gasteiger partial charge in [0.05, 0.1) is 17.3 Å². The number of hydrogen-bond acceptors (Lipinski definition) is 4. The van der Waals surface area contributed by atoms with E-state index in [2.05, 4.69) is 25.9 Å². The largest absolute Gasteiger partial charge is 0.459 e. The summed E-state index contributed by atoms with van der Waals surface area (Å²) in [5.41, 5.74) is 3.38. The molecule has 0 aliphatic carbocycles. The first kappa shape index (κ1) is 19.3.